The molecule has 3 aromatic carbocycles. The van der Waals surface area contributed by atoms with E-state index in [2.05, 4.69) is 103 Å². The van der Waals surface area contributed by atoms with Crippen LogP contribution in [-0.4, -0.2) is 3.71 Å². The third kappa shape index (κ3) is 5.94. The summed E-state index contributed by atoms with van der Waals surface area (Å²) in [6.07, 6.45) is 6.57. The molecule has 0 heterocycles. The molecule has 0 nitrogen and oxygen atoms in total. The van der Waals surface area contributed by atoms with Gasteiger partial charge < -0.3 is 0 Å². The quantitative estimate of drug-likeness (QED) is 0.279. The van der Waals surface area contributed by atoms with E-state index in [1.807, 2.05) is 12.1 Å². The Labute approximate surface area is 190 Å². The van der Waals surface area contributed by atoms with Crippen LogP contribution in [0.1, 0.15) is 37.5 Å². The van der Waals surface area contributed by atoms with Gasteiger partial charge in [-0.3, -0.25) is 6.08 Å². The minimum absolute atomic E-state index is 0.551. The zero-order valence-electron chi connectivity index (χ0n) is 17.4. The van der Waals surface area contributed by atoms with Gasteiger partial charge in [-0.2, -0.15) is 35.9 Å². The Bertz CT molecular complexity index is 963. The number of rotatable bonds is 1. The fourth-order valence-corrected chi connectivity index (χ4v) is 4.02. The van der Waals surface area contributed by atoms with Crippen molar-refractivity contribution in [2.75, 3.05) is 0 Å². The molecule has 0 fully saturated rings. The molecule has 0 amide bonds. The average molecular weight is 454 g/mol. The van der Waals surface area contributed by atoms with E-state index in [4.69, 9.17) is 0 Å². The minimum Gasteiger partial charge on any atom is -0.179 e. The van der Waals surface area contributed by atoms with Gasteiger partial charge in [0.05, 0.1) is 0 Å². The molecular formula is C28H26Zr. The summed E-state index contributed by atoms with van der Waals surface area (Å²) in [5, 5.41) is 0. The zero-order valence-corrected chi connectivity index (χ0v) is 19.8. The number of benzene rings is 3. The molecule has 0 aliphatic heterocycles. The normalized spacial score (nSPS) is 15.6. The molecular weight excluding hydrogens is 428 g/mol. The van der Waals surface area contributed by atoms with Crippen molar-refractivity contribution in [2.45, 2.75) is 27.2 Å². The first-order valence-electron chi connectivity index (χ1n) is 10.0. The Morgan fingerprint density at radius 1 is 0.897 bits per heavy atom. The first-order chi connectivity index (χ1) is 14.1. The molecule has 142 valence electrons. The fraction of sp³-hybridized carbons (Fsp3) is 0.179. The second kappa shape index (κ2) is 10.6. The molecule has 0 N–H and O–H groups in total. The van der Waals surface area contributed by atoms with Crippen LogP contribution >= 0.6 is 0 Å². The first kappa shape index (κ1) is 21.6. The van der Waals surface area contributed by atoms with Crippen LogP contribution in [-0.2, 0) is 30.7 Å². The molecule has 0 bridgehead atoms. The van der Waals surface area contributed by atoms with Gasteiger partial charge in [0.1, 0.15) is 0 Å². The first-order valence-corrected chi connectivity index (χ1v) is 11.4. The van der Waals surface area contributed by atoms with Gasteiger partial charge in [0.25, 0.3) is 0 Å². The molecule has 0 saturated carbocycles. The second-order valence-corrected chi connectivity index (χ2v) is 8.07. The van der Waals surface area contributed by atoms with Gasteiger partial charge in [0.2, 0.25) is 0 Å². The summed E-state index contributed by atoms with van der Waals surface area (Å²) < 4.78 is 2.17. The van der Waals surface area contributed by atoms with Crippen molar-refractivity contribution >= 4 is 3.71 Å². The van der Waals surface area contributed by atoms with Crippen molar-refractivity contribution in [2.24, 2.45) is 5.92 Å². The molecule has 5 rings (SSSR count). The van der Waals surface area contributed by atoms with Crippen LogP contribution in [0.4, 0.5) is 0 Å². The third-order valence-electron chi connectivity index (χ3n) is 5.12. The van der Waals surface area contributed by atoms with Gasteiger partial charge in [-0.05, 0) is 6.42 Å². The van der Waals surface area contributed by atoms with Crippen molar-refractivity contribution < 1.29 is 24.2 Å². The predicted molar refractivity (Wildman–Crippen MR) is 120 cm³/mol. The van der Waals surface area contributed by atoms with E-state index >= 15 is 0 Å². The van der Waals surface area contributed by atoms with Crippen LogP contribution in [0, 0.1) is 18.1 Å². The molecule has 0 saturated heterocycles. The van der Waals surface area contributed by atoms with Gasteiger partial charge >= 0.3 is 63.8 Å². The van der Waals surface area contributed by atoms with E-state index in [1.165, 1.54) is 63.2 Å². The SMILES string of the molecule is CC1=[C-]C(C)C=C1C.[Zr+2]=[CH]c1ccccc1.[c-]1cccc2c1Cc1ccccc1-2. The van der Waals surface area contributed by atoms with Gasteiger partial charge in [0.15, 0.2) is 0 Å². The summed E-state index contributed by atoms with van der Waals surface area (Å²) in [7, 11) is 0. The topological polar surface area (TPSA) is 0 Å². The molecule has 0 radical (unpaired) electrons. The van der Waals surface area contributed by atoms with Crippen LogP contribution in [0.3, 0.4) is 0 Å². The molecule has 0 spiro atoms. The Hall–Kier alpha value is -2.11. The third-order valence-corrected chi connectivity index (χ3v) is 5.94. The van der Waals surface area contributed by atoms with E-state index in [0.717, 1.165) is 6.42 Å². The summed E-state index contributed by atoms with van der Waals surface area (Å²) in [6, 6.07) is 28.5. The Morgan fingerprint density at radius 3 is 2.17 bits per heavy atom. The summed E-state index contributed by atoms with van der Waals surface area (Å²) in [5.41, 5.74) is 9.54. The maximum atomic E-state index is 3.30. The molecule has 2 aliphatic rings. The van der Waals surface area contributed by atoms with E-state index in [1.54, 1.807) is 0 Å². The van der Waals surface area contributed by atoms with Crippen LogP contribution in [0.5, 0.6) is 0 Å². The average Bonchev–Trinajstić information content (AvgIpc) is 3.27. The summed E-state index contributed by atoms with van der Waals surface area (Å²) in [6.45, 7) is 6.39. The van der Waals surface area contributed by atoms with Crippen LogP contribution < -0.4 is 0 Å². The number of hydrogen-bond donors (Lipinski definition) is 0. The van der Waals surface area contributed by atoms with Gasteiger partial charge in [-0.1, -0.05) is 55.2 Å². The fourth-order valence-electron chi connectivity index (χ4n) is 3.54. The van der Waals surface area contributed by atoms with Crippen LogP contribution in [0.15, 0.2) is 90.0 Å². The van der Waals surface area contributed by atoms with Crippen LogP contribution in [0.25, 0.3) is 11.1 Å². The van der Waals surface area contributed by atoms with Crippen molar-refractivity contribution in [3.05, 3.63) is 119 Å². The largest absolute Gasteiger partial charge is 0.179 e. The van der Waals surface area contributed by atoms with E-state index in [0.29, 0.717) is 5.92 Å². The number of hydrogen-bond acceptors (Lipinski definition) is 0. The Kier molecular flexibility index (Phi) is 7.90. The zero-order chi connectivity index (χ0) is 20.6. The van der Waals surface area contributed by atoms with Gasteiger partial charge in [-0.25, -0.2) is 11.1 Å². The minimum atomic E-state index is 0.551. The molecule has 2 aliphatic carbocycles. The van der Waals surface area contributed by atoms with Gasteiger partial charge in [0, 0.05) is 0 Å². The molecule has 3 aromatic rings. The standard InChI is InChI=1S/C13H9.C8H11.C7H6.Zr/c1-3-7-12-10(5-1)9-11-6-2-4-8-13(11)12;1-6-4-7(2)8(3)5-6;1-7-5-3-2-4-6-7;/h1-5,7-8H,9H2;4,6H,1-3H3;1-6H;/q2*-1;;+2. The van der Waals surface area contributed by atoms with E-state index < -0.39 is 0 Å². The molecule has 0 aromatic heterocycles. The van der Waals surface area contributed by atoms with Gasteiger partial charge in [-0.15, -0.1) is 12.5 Å². The molecule has 1 unspecified atom stereocenters. The van der Waals surface area contributed by atoms with E-state index in [9.17, 15) is 0 Å². The Balaban J connectivity index is 0.000000132. The number of fused-ring (bicyclic) bond motifs is 3. The van der Waals surface area contributed by atoms with Crippen molar-refractivity contribution in [3.8, 4) is 11.1 Å². The second-order valence-electron chi connectivity index (χ2n) is 7.36. The van der Waals surface area contributed by atoms with Crippen molar-refractivity contribution in [1.82, 2.24) is 0 Å². The Morgan fingerprint density at radius 2 is 1.59 bits per heavy atom. The molecule has 29 heavy (non-hydrogen) atoms. The maximum absolute atomic E-state index is 3.30. The molecule has 1 atom stereocenters. The summed E-state index contributed by atoms with van der Waals surface area (Å²) in [5.74, 6) is 0.551. The summed E-state index contributed by atoms with van der Waals surface area (Å²) >= 11 is 1.46. The molecule has 1 heteroatoms. The van der Waals surface area contributed by atoms with Crippen molar-refractivity contribution in [3.63, 3.8) is 0 Å². The van der Waals surface area contributed by atoms with E-state index in [-0.39, 0.29) is 0 Å². The smallest absolute Gasteiger partial charge is 0.0253 e. The monoisotopic (exact) mass is 452 g/mol. The van der Waals surface area contributed by atoms with Crippen molar-refractivity contribution in [1.29, 1.82) is 0 Å². The van der Waals surface area contributed by atoms with Crippen LogP contribution in [0.2, 0.25) is 0 Å². The number of allylic oxidation sites excluding steroid dienone is 4. The maximum Gasteiger partial charge on any atom is -0.0253 e. The summed E-state index contributed by atoms with van der Waals surface area (Å²) in [4.78, 5) is 0. The predicted octanol–water partition coefficient (Wildman–Crippen LogP) is 6.77.